The van der Waals surface area contributed by atoms with E-state index in [1.54, 1.807) is 19.4 Å². The highest BCUT2D eigenvalue weighted by Gasteiger charge is 2.14. The van der Waals surface area contributed by atoms with Crippen molar-refractivity contribution in [2.24, 2.45) is 0 Å². The molecule has 3 rings (SSSR count). The Balaban J connectivity index is 1.84. The molecule has 0 bridgehead atoms. The highest BCUT2D eigenvalue weighted by molar-refractivity contribution is 5.28. The van der Waals surface area contributed by atoms with Gasteiger partial charge in [0, 0.05) is 24.8 Å². The number of ether oxygens (including phenoxy) is 1. The minimum atomic E-state index is -0.312. The number of likely N-dealkylation sites (tertiary alicyclic amines) is 1. The van der Waals surface area contributed by atoms with Gasteiger partial charge in [0.2, 0.25) is 5.43 Å². The summed E-state index contributed by atoms with van der Waals surface area (Å²) in [7, 11) is 1.64. The quantitative estimate of drug-likeness (QED) is 0.917. The second kappa shape index (κ2) is 7.53. The van der Waals surface area contributed by atoms with Gasteiger partial charge in [0.05, 0.1) is 13.3 Å². The van der Waals surface area contributed by atoms with E-state index in [0.29, 0.717) is 6.54 Å². The van der Waals surface area contributed by atoms with Gasteiger partial charge in [-0.1, -0.05) is 18.6 Å². The third-order valence-corrected chi connectivity index (χ3v) is 4.54. The molecule has 1 aromatic carbocycles. The van der Waals surface area contributed by atoms with Gasteiger partial charge in [-0.25, -0.2) is 0 Å². The Morgan fingerprint density at radius 1 is 1.08 bits per heavy atom. The number of aromatic hydroxyl groups is 1. The summed E-state index contributed by atoms with van der Waals surface area (Å²) < 4.78 is 7.15. The van der Waals surface area contributed by atoms with Gasteiger partial charge in [0.1, 0.15) is 5.75 Å². The van der Waals surface area contributed by atoms with Crippen molar-refractivity contribution in [3.05, 3.63) is 58.0 Å². The predicted molar refractivity (Wildman–Crippen MR) is 93.6 cm³/mol. The van der Waals surface area contributed by atoms with Gasteiger partial charge >= 0.3 is 0 Å². The van der Waals surface area contributed by atoms with E-state index in [2.05, 4.69) is 4.90 Å². The average Bonchev–Trinajstić information content (AvgIpc) is 2.61. The second-order valence-corrected chi connectivity index (χ2v) is 6.33. The number of hydrogen-bond acceptors (Lipinski definition) is 4. The van der Waals surface area contributed by atoms with Crippen molar-refractivity contribution in [3.8, 4) is 11.5 Å². The predicted octanol–water partition coefficient (Wildman–Crippen LogP) is 2.60. The first-order chi connectivity index (χ1) is 11.7. The molecule has 1 aliphatic heterocycles. The summed E-state index contributed by atoms with van der Waals surface area (Å²) in [6.45, 7) is 3.49. The fraction of sp³-hybridized carbons (Fsp3) is 0.421. The van der Waals surface area contributed by atoms with Crippen LogP contribution in [0.3, 0.4) is 0 Å². The van der Waals surface area contributed by atoms with E-state index in [4.69, 9.17) is 4.74 Å². The van der Waals surface area contributed by atoms with Crippen LogP contribution in [0.15, 0.2) is 41.3 Å². The van der Waals surface area contributed by atoms with Crippen molar-refractivity contribution < 1.29 is 9.84 Å². The lowest BCUT2D eigenvalue weighted by molar-refractivity contribution is 0.215. The summed E-state index contributed by atoms with van der Waals surface area (Å²) in [5, 5.41) is 9.82. The van der Waals surface area contributed by atoms with Gasteiger partial charge in [-0.15, -0.1) is 0 Å². The molecule has 1 fully saturated rings. The molecule has 0 saturated carbocycles. The maximum absolute atomic E-state index is 11.9. The number of methoxy groups -OCH3 is 1. The van der Waals surface area contributed by atoms with E-state index in [1.807, 2.05) is 28.8 Å². The number of nitrogens with zero attached hydrogens (tertiary/aromatic N) is 2. The van der Waals surface area contributed by atoms with Crippen LogP contribution in [0.1, 0.15) is 30.5 Å². The standard InChI is InChI=1S/C19H24N2O3/c1-24-17-7-5-15(6-8-17)12-21-14-19(23)18(22)11-16(21)13-20-9-3-2-4-10-20/h5-8,11,14,23H,2-4,9-10,12-13H2,1H3. The lowest BCUT2D eigenvalue weighted by Crippen LogP contribution is -2.31. The Kier molecular flexibility index (Phi) is 5.20. The van der Waals surface area contributed by atoms with Crippen LogP contribution < -0.4 is 10.2 Å². The van der Waals surface area contributed by atoms with E-state index in [1.165, 1.54) is 19.3 Å². The molecule has 1 saturated heterocycles. The summed E-state index contributed by atoms with van der Waals surface area (Å²) in [6, 6.07) is 9.40. The van der Waals surface area contributed by atoms with Crippen LogP contribution in [0.4, 0.5) is 0 Å². The van der Waals surface area contributed by atoms with E-state index in [-0.39, 0.29) is 11.2 Å². The van der Waals surface area contributed by atoms with E-state index >= 15 is 0 Å². The van der Waals surface area contributed by atoms with E-state index in [0.717, 1.165) is 36.6 Å². The molecule has 2 heterocycles. The van der Waals surface area contributed by atoms with Crippen molar-refractivity contribution in [2.75, 3.05) is 20.2 Å². The summed E-state index contributed by atoms with van der Waals surface area (Å²) in [5.41, 5.74) is 1.72. The first-order valence-electron chi connectivity index (χ1n) is 8.43. The number of rotatable bonds is 5. The molecule has 1 N–H and O–H groups in total. The molecule has 1 aromatic heterocycles. The van der Waals surface area contributed by atoms with Crippen molar-refractivity contribution >= 4 is 0 Å². The van der Waals surface area contributed by atoms with Crippen LogP contribution in [0, 0.1) is 0 Å². The van der Waals surface area contributed by atoms with Gasteiger partial charge in [0.25, 0.3) is 0 Å². The number of benzene rings is 1. The van der Waals surface area contributed by atoms with Crippen molar-refractivity contribution in [3.63, 3.8) is 0 Å². The van der Waals surface area contributed by atoms with Crippen LogP contribution in [0.25, 0.3) is 0 Å². The third-order valence-electron chi connectivity index (χ3n) is 4.54. The molecule has 24 heavy (non-hydrogen) atoms. The van der Waals surface area contributed by atoms with Gasteiger partial charge < -0.3 is 14.4 Å². The highest BCUT2D eigenvalue weighted by atomic mass is 16.5. The number of hydrogen-bond donors (Lipinski definition) is 1. The normalized spacial score (nSPS) is 15.4. The number of pyridine rings is 1. The molecule has 0 atom stereocenters. The maximum Gasteiger partial charge on any atom is 0.223 e. The third kappa shape index (κ3) is 3.97. The number of piperidine rings is 1. The minimum Gasteiger partial charge on any atom is -0.503 e. The lowest BCUT2D eigenvalue weighted by atomic mass is 10.1. The van der Waals surface area contributed by atoms with E-state index < -0.39 is 0 Å². The Morgan fingerprint density at radius 3 is 2.46 bits per heavy atom. The van der Waals surface area contributed by atoms with Crippen molar-refractivity contribution in [1.82, 2.24) is 9.47 Å². The molecule has 5 heteroatoms. The highest BCUT2D eigenvalue weighted by Crippen LogP contribution is 2.17. The summed E-state index contributed by atoms with van der Waals surface area (Å²) >= 11 is 0. The summed E-state index contributed by atoms with van der Waals surface area (Å²) in [5.74, 6) is 0.612. The molecule has 0 spiro atoms. The van der Waals surface area contributed by atoms with Crippen molar-refractivity contribution in [2.45, 2.75) is 32.4 Å². The zero-order valence-corrected chi connectivity index (χ0v) is 14.1. The van der Waals surface area contributed by atoms with Crippen LogP contribution in [-0.4, -0.2) is 34.8 Å². The Bertz CT molecular complexity index is 731. The molecule has 0 radical (unpaired) electrons. The smallest absolute Gasteiger partial charge is 0.223 e. The Labute approximate surface area is 142 Å². The zero-order valence-electron chi connectivity index (χ0n) is 14.1. The molecule has 0 aliphatic carbocycles. The summed E-state index contributed by atoms with van der Waals surface area (Å²) in [6.07, 6.45) is 5.25. The molecule has 0 unspecified atom stereocenters. The van der Waals surface area contributed by atoms with Crippen molar-refractivity contribution in [1.29, 1.82) is 0 Å². The van der Waals surface area contributed by atoms with Gasteiger partial charge in [-0.05, 0) is 43.6 Å². The van der Waals surface area contributed by atoms with Crippen LogP contribution in [0.5, 0.6) is 11.5 Å². The first-order valence-corrected chi connectivity index (χ1v) is 8.43. The second-order valence-electron chi connectivity index (χ2n) is 6.33. The topological polar surface area (TPSA) is 54.7 Å². The Hall–Kier alpha value is -2.27. The largest absolute Gasteiger partial charge is 0.503 e. The zero-order chi connectivity index (χ0) is 16.9. The average molecular weight is 328 g/mol. The fourth-order valence-corrected chi connectivity index (χ4v) is 3.16. The van der Waals surface area contributed by atoms with Crippen LogP contribution >= 0.6 is 0 Å². The first kappa shape index (κ1) is 16.6. The molecule has 2 aromatic rings. The molecule has 0 amide bonds. The van der Waals surface area contributed by atoms with Crippen LogP contribution in [0.2, 0.25) is 0 Å². The van der Waals surface area contributed by atoms with Gasteiger partial charge in [-0.2, -0.15) is 0 Å². The molecular formula is C19H24N2O3. The fourth-order valence-electron chi connectivity index (χ4n) is 3.16. The summed E-state index contributed by atoms with van der Waals surface area (Å²) in [4.78, 5) is 14.2. The molecular weight excluding hydrogens is 304 g/mol. The SMILES string of the molecule is COc1ccc(Cn2cc(O)c(=O)cc2CN2CCCCC2)cc1. The monoisotopic (exact) mass is 328 g/mol. The van der Waals surface area contributed by atoms with Crippen LogP contribution in [-0.2, 0) is 13.1 Å². The molecule has 1 aliphatic rings. The molecule has 128 valence electrons. The molecule has 5 nitrogen and oxygen atoms in total. The minimum absolute atomic E-state index is 0.203. The van der Waals surface area contributed by atoms with Gasteiger partial charge in [0.15, 0.2) is 5.75 Å². The Morgan fingerprint density at radius 2 is 1.79 bits per heavy atom. The maximum atomic E-state index is 11.9. The number of aromatic nitrogens is 1. The van der Waals surface area contributed by atoms with E-state index in [9.17, 15) is 9.90 Å². The van der Waals surface area contributed by atoms with Gasteiger partial charge in [-0.3, -0.25) is 9.69 Å². The lowest BCUT2D eigenvalue weighted by Gasteiger charge is -2.27.